The summed E-state index contributed by atoms with van der Waals surface area (Å²) >= 11 is 0. The molecular formula is C26H17N3O3. The van der Waals surface area contributed by atoms with E-state index in [1.54, 1.807) is 12.1 Å². The maximum absolute atomic E-state index is 8.77. The topological polar surface area (TPSA) is 85.1 Å². The molecule has 0 aliphatic carbocycles. The molecule has 0 saturated carbocycles. The molecule has 0 atom stereocenters. The van der Waals surface area contributed by atoms with Crippen LogP contribution in [0.2, 0.25) is 0 Å². The SMILES string of the molecule is N#CCOc1cccc(-c2ocnc2-c2nc(-c3ccccc3)c(-c3ccccc3)o2)c1. The van der Waals surface area contributed by atoms with E-state index in [1.807, 2.05) is 78.9 Å². The van der Waals surface area contributed by atoms with E-state index in [1.165, 1.54) is 6.39 Å². The lowest BCUT2D eigenvalue weighted by Crippen LogP contribution is -1.93. The third-order valence-electron chi connectivity index (χ3n) is 4.88. The minimum absolute atomic E-state index is 0.0344. The first-order chi connectivity index (χ1) is 15.8. The van der Waals surface area contributed by atoms with Crippen molar-refractivity contribution >= 4 is 0 Å². The molecule has 32 heavy (non-hydrogen) atoms. The van der Waals surface area contributed by atoms with E-state index in [-0.39, 0.29) is 6.61 Å². The van der Waals surface area contributed by atoms with Gasteiger partial charge in [0.05, 0.1) is 0 Å². The number of benzene rings is 3. The highest BCUT2D eigenvalue weighted by Gasteiger charge is 2.23. The highest BCUT2D eigenvalue weighted by atomic mass is 16.5. The average molecular weight is 419 g/mol. The first-order valence-electron chi connectivity index (χ1n) is 9.99. The molecule has 0 aliphatic rings. The molecule has 0 bridgehead atoms. The summed E-state index contributed by atoms with van der Waals surface area (Å²) in [5.74, 6) is 2.09. The van der Waals surface area contributed by atoms with Crippen LogP contribution in [0.4, 0.5) is 0 Å². The Morgan fingerprint density at radius 1 is 0.781 bits per heavy atom. The molecule has 0 fully saturated rings. The lowest BCUT2D eigenvalue weighted by Gasteiger charge is -2.04. The van der Waals surface area contributed by atoms with Crippen LogP contribution < -0.4 is 4.74 Å². The second kappa shape index (κ2) is 8.62. The maximum Gasteiger partial charge on any atom is 0.250 e. The van der Waals surface area contributed by atoms with Crippen LogP contribution in [-0.2, 0) is 0 Å². The molecule has 5 rings (SSSR count). The van der Waals surface area contributed by atoms with Gasteiger partial charge >= 0.3 is 0 Å². The van der Waals surface area contributed by atoms with Gasteiger partial charge in [0.15, 0.2) is 30.2 Å². The smallest absolute Gasteiger partial charge is 0.250 e. The van der Waals surface area contributed by atoms with Crippen LogP contribution in [0, 0.1) is 11.3 Å². The van der Waals surface area contributed by atoms with Crippen molar-refractivity contribution in [3.8, 4) is 57.3 Å². The van der Waals surface area contributed by atoms with Gasteiger partial charge in [0.2, 0.25) is 5.89 Å². The minimum Gasteiger partial charge on any atom is -0.479 e. The lowest BCUT2D eigenvalue weighted by atomic mass is 10.1. The Bertz CT molecular complexity index is 1330. The zero-order valence-corrected chi connectivity index (χ0v) is 16.9. The molecule has 6 heteroatoms. The monoisotopic (exact) mass is 419 g/mol. The van der Waals surface area contributed by atoms with Crippen molar-refractivity contribution < 1.29 is 13.6 Å². The average Bonchev–Trinajstić information content (AvgIpc) is 3.52. The molecule has 0 spiro atoms. The summed E-state index contributed by atoms with van der Waals surface area (Å²) in [4.78, 5) is 9.17. The van der Waals surface area contributed by atoms with Gasteiger partial charge in [-0.2, -0.15) is 5.26 Å². The Balaban J connectivity index is 1.61. The molecule has 0 radical (unpaired) electrons. The van der Waals surface area contributed by atoms with Gasteiger partial charge in [0.1, 0.15) is 17.5 Å². The van der Waals surface area contributed by atoms with Crippen LogP contribution in [0.1, 0.15) is 0 Å². The highest BCUT2D eigenvalue weighted by Crippen LogP contribution is 2.38. The van der Waals surface area contributed by atoms with Crippen molar-refractivity contribution in [1.82, 2.24) is 9.97 Å². The summed E-state index contributed by atoms with van der Waals surface area (Å²) in [6, 6.07) is 29.0. The standard InChI is InChI=1S/C26H17N3O3/c27-14-15-30-21-13-7-12-20(16-21)24-23(28-17-31-24)26-29-22(18-8-3-1-4-9-18)25(32-26)19-10-5-2-6-11-19/h1-13,16-17H,15H2. The summed E-state index contributed by atoms with van der Waals surface area (Å²) in [5, 5.41) is 8.77. The number of nitrogens with zero attached hydrogens (tertiary/aromatic N) is 3. The van der Waals surface area contributed by atoms with E-state index in [2.05, 4.69) is 4.98 Å². The summed E-state index contributed by atoms with van der Waals surface area (Å²) in [5.41, 5.74) is 3.82. The van der Waals surface area contributed by atoms with Crippen molar-refractivity contribution in [3.05, 3.63) is 91.3 Å². The van der Waals surface area contributed by atoms with Crippen molar-refractivity contribution in [2.24, 2.45) is 0 Å². The zero-order chi connectivity index (χ0) is 21.8. The molecule has 0 saturated heterocycles. The van der Waals surface area contributed by atoms with Crippen LogP contribution in [-0.4, -0.2) is 16.6 Å². The van der Waals surface area contributed by atoms with Gasteiger partial charge in [-0.25, -0.2) is 9.97 Å². The molecule has 6 nitrogen and oxygen atoms in total. The van der Waals surface area contributed by atoms with E-state index < -0.39 is 0 Å². The third kappa shape index (κ3) is 3.75. The van der Waals surface area contributed by atoms with Crippen molar-refractivity contribution in [3.63, 3.8) is 0 Å². The Labute approximate surface area is 184 Å². The second-order valence-electron chi connectivity index (χ2n) is 6.93. The van der Waals surface area contributed by atoms with Crippen LogP contribution in [0.15, 0.2) is 100 Å². The Kier molecular flexibility index (Phi) is 5.21. The van der Waals surface area contributed by atoms with Gasteiger partial charge in [0.25, 0.3) is 0 Å². The van der Waals surface area contributed by atoms with Gasteiger partial charge in [-0.05, 0) is 12.1 Å². The summed E-state index contributed by atoms with van der Waals surface area (Å²) < 4.78 is 17.4. The number of aromatic nitrogens is 2. The minimum atomic E-state index is -0.0344. The molecule has 0 aliphatic heterocycles. The van der Waals surface area contributed by atoms with Crippen molar-refractivity contribution in [2.45, 2.75) is 0 Å². The van der Waals surface area contributed by atoms with Crippen LogP contribution in [0.3, 0.4) is 0 Å². The van der Waals surface area contributed by atoms with E-state index >= 15 is 0 Å². The number of hydrogen-bond donors (Lipinski definition) is 0. The first-order valence-corrected chi connectivity index (χ1v) is 9.99. The van der Waals surface area contributed by atoms with Gasteiger partial charge in [-0.15, -0.1) is 0 Å². The highest BCUT2D eigenvalue weighted by molar-refractivity contribution is 5.81. The summed E-state index contributed by atoms with van der Waals surface area (Å²) in [6.07, 6.45) is 1.36. The van der Waals surface area contributed by atoms with Gasteiger partial charge in [-0.1, -0.05) is 72.8 Å². The van der Waals surface area contributed by atoms with E-state index in [4.69, 9.17) is 23.8 Å². The summed E-state index contributed by atoms with van der Waals surface area (Å²) in [6.45, 7) is -0.0344. The molecule has 0 N–H and O–H groups in total. The third-order valence-corrected chi connectivity index (χ3v) is 4.88. The van der Waals surface area contributed by atoms with E-state index in [0.717, 1.165) is 22.4 Å². The fourth-order valence-corrected chi connectivity index (χ4v) is 3.44. The van der Waals surface area contributed by atoms with Crippen molar-refractivity contribution in [2.75, 3.05) is 6.61 Å². The number of oxazole rings is 2. The predicted molar refractivity (Wildman–Crippen MR) is 119 cm³/mol. The maximum atomic E-state index is 8.77. The molecule has 2 aromatic heterocycles. The van der Waals surface area contributed by atoms with E-state index in [0.29, 0.717) is 28.9 Å². The van der Waals surface area contributed by atoms with Gasteiger partial charge in [-0.3, -0.25) is 0 Å². The largest absolute Gasteiger partial charge is 0.479 e. The Morgan fingerprint density at radius 2 is 1.50 bits per heavy atom. The molecule has 2 heterocycles. The van der Waals surface area contributed by atoms with Gasteiger partial charge < -0.3 is 13.6 Å². The number of hydrogen-bond acceptors (Lipinski definition) is 6. The predicted octanol–water partition coefficient (Wildman–Crippen LogP) is 6.23. The van der Waals surface area contributed by atoms with Crippen LogP contribution in [0.5, 0.6) is 5.75 Å². The molecule has 0 amide bonds. The summed E-state index contributed by atoms with van der Waals surface area (Å²) in [7, 11) is 0. The first kappa shape index (κ1) is 19.3. The zero-order valence-electron chi connectivity index (χ0n) is 16.9. The molecular weight excluding hydrogens is 402 g/mol. The Hall–Kier alpha value is -4.63. The molecule has 0 unspecified atom stereocenters. The second-order valence-corrected chi connectivity index (χ2v) is 6.93. The fraction of sp³-hybridized carbons (Fsp3) is 0.0385. The number of nitriles is 1. The molecule has 5 aromatic rings. The Morgan fingerprint density at radius 3 is 2.25 bits per heavy atom. The van der Waals surface area contributed by atoms with Gasteiger partial charge in [0, 0.05) is 16.7 Å². The molecule has 3 aromatic carbocycles. The molecule has 154 valence electrons. The number of ether oxygens (including phenoxy) is 1. The van der Waals surface area contributed by atoms with E-state index in [9.17, 15) is 0 Å². The lowest BCUT2D eigenvalue weighted by molar-refractivity contribution is 0.368. The van der Waals surface area contributed by atoms with Crippen LogP contribution in [0.25, 0.3) is 45.5 Å². The normalized spacial score (nSPS) is 10.6. The number of rotatable bonds is 6. The quantitative estimate of drug-likeness (QED) is 0.324. The van der Waals surface area contributed by atoms with Crippen LogP contribution >= 0.6 is 0 Å². The fourth-order valence-electron chi connectivity index (χ4n) is 3.44. The van der Waals surface area contributed by atoms with Crippen molar-refractivity contribution in [1.29, 1.82) is 5.26 Å².